The number of hydrogen-bond acceptors (Lipinski definition) is 5. The summed E-state index contributed by atoms with van der Waals surface area (Å²) in [6.45, 7) is 0.839. The van der Waals surface area contributed by atoms with E-state index in [1.807, 2.05) is 18.2 Å². The molecule has 27 heavy (non-hydrogen) atoms. The SMILES string of the molecule is Cl.NCCCN1C(=O)C2C3CC(OC(=O)Nc4ccccc4)C(C3)C2C1=O. The average molecular weight is 394 g/mol. The van der Waals surface area contributed by atoms with Gasteiger partial charge in [-0.05, 0) is 43.9 Å². The molecule has 7 nitrogen and oxygen atoms in total. The molecule has 1 aliphatic heterocycles. The quantitative estimate of drug-likeness (QED) is 0.745. The lowest BCUT2D eigenvalue weighted by Crippen LogP contribution is -2.37. The van der Waals surface area contributed by atoms with Crippen molar-refractivity contribution in [1.82, 2.24) is 4.90 Å². The zero-order valence-electron chi connectivity index (χ0n) is 14.9. The smallest absolute Gasteiger partial charge is 0.411 e. The Morgan fingerprint density at radius 2 is 1.85 bits per heavy atom. The van der Waals surface area contributed by atoms with Crippen LogP contribution in [0.1, 0.15) is 19.3 Å². The Labute approximate surface area is 164 Å². The molecule has 2 aliphatic carbocycles. The summed E-state index contributed by atoms with van der Waals surface area (Å²) in [5, 5.41) is 2.71. The fourth-order valence-corrected chi connectivity index (χ4v) is 4.87. The van der Waals surface area contributed by atoms with Crippen LogP contribution < -0.4 is 11.1 Å². The minimum absolute atomic E-state index is 0. The fraction of sp³-hybridized carbons (Fsp3) is 0.526. The van der Waals surface area contributed by atoms with Crippen LogP contribution in [0.25, 0.3) is 0 Å². The van der Waals surface area contributed by atoms with Gasteiger partial charge < -0.3 is 10.5 Å². The van der Waals surface area contributed by atoms with Gasteiger partial charge >= 0.3 is 6.09 Å². The van der Waals surface area contributed by atoms with Crippen molar-refractivity contribution in [1.29, 1.82) is 0 Å². The number of nitrogens with one attached hydrogen (secondary N) is 1. The summed E-state index contributed by atoms with van der Waals surface area (Å²) < 4.78 is 5.61. The lowest BCUT2D eigenvalue weighted by molar-refractivity contribution is -0.140. The zero-order chi connectivity index (χ0) is 18.3. The summed E-state index contributed by atoms with van der Waals surface area (Å²) >= 11 is 0. The predicted octanol–water partition coefficient (Wildman–Crippen LogP) is 2.02. The topological polar surface area (TPSA) is 102 Å². The molecule has 4 rings (SSSR count). The number of carbonyl (C=O) groups excluding carboxylic acids is 3. The van der Waals surface area contributed by atoms with E-state index in [-0.39, 0.29) is 54.0 Å². The third kappa shape index (κ3) is 3.41. The number of anilines is 1. The van der Waals surface area contributed by atoms with Gasteiger partial charge in [-0.1, -0.05) is 18.2 Å². The van der Waals surface area contributed by atoms with E-state index in [1.165, 1.54) is 4.90 Å². The number of hydrogen-bond donors (Lipinski definition) is 2. The summed E-state index contributed by atoms with van der Waals surface area (Å²) in [4.78, 5) is 38.9. The first-order chi connectivity index (χ1) is 12.6. The van der Waals surface area contributed by atoms with Gasteiger partial charge in [0.2, 0.25) is 11.8 Å². The van der Waals surface area contributed by atoms with Crippen molar-refractivity contribution >= 4 is 36.0 Å². The molecular formula is C19H24ClN3O4. The van der Waals surface area contributed by atoms with Crippen molar-refractivity contribution in [2.45, 2.75) is 25.4 Å². The van der Waals surface area contributed by atoms with E-state index in [9.17, 15) is 14.4 Å². The van der Waals surface area contributed by atoms with Crippen molar-refractivity contribution < 1.29 is 19.1 Å². The molecule has 1 aromatic rings. The van der Waals surface area contributed by atoms with Crippen molar-refractivity contribution in [2.24, 2.45) is 29.4 Å². The van der Waals surface area contributed by atoms with E-state index < -0.39 is 6.09 Å². The van der Waals surface area contributed by atoms with Gasteiger partial charge in [0.15, 0.2) is 0 Å². The van der Waals surface area contributed by atoms with Gasteiger partial charge in [0, 0.05) is 18.2 Å². The predicted molar refractivity (Wildman–Crippen MR) is 101 cm³/mol. The highest BCUT2D eigenvalue weighted by molar-refractivity contribution is 6.06. The third-order valence-electron chi connectivity index (χ3n) is 5.91. The number of likely N-dealkylation sites (tertiary alicyclic amines) is 1. The van der Waals surface area contributed by atoms with Crippen LogP contribution in [-0.4, -0.2) is 42.0 Å². The Balaban J connectivity index is 0.00000210. The third-order valence-corrected chi connectivity index (χ3v) is 5.91. The zero-order valence-corrected chi connectivity index (χ0v) is 15.7. The molecule has 3 amide bonds. The monoisotopic (exact) mass is 393 g/mol. The number of nitrogens with two attached hydrogens (primary N) is 1. The van der Waals surface area contributed by atoms with Crippen molar-refractivity contribution in [3.05, 3.63) is 30.3 Å². The molecule has 5 atom stereocenters. The number of amides is 3. The van der Waals surface area contributed by atoms with Crippen LogP contribution in [-0.2, 0) is 14.3 Å². The molecule has 1 heterocycles. The normalized spacial score (nSPS) is 30.9. The van der Waals surface area contributed by atoms with Crippen LogP contribution >= 0.6 is 12.4 Å². The van der Waals surface area contributed by atoms with Gasteiger partial charge in [-0.2, -0.15) is 0 Å². The second-order valence-electron chi connectivity index (χ2n) is 7.35. The number of carbonyl (C=O) groups is 3. The largest absolute Gasteiger partial charge is 0.446 e. The highest BCUT2D eigenvalue weighted by Crippen LogP contribution is 2.57. The fourth-order valence-electron chi connectivity index (χ4n) is 4.87. The maximum Gasteiger partial charge on any atom is 0.411 e. The van der Waals surface area contributed by atoms with E-state index in [0.29, 0.717) is 31.6 Å². The Bertz CT molecular complexity index is 729. The van der Waals surface area contributed by atoms with Gasteiger partial charge in [0.05, 0.1) is 11.8 Å². The molecule has 1 aromatic carbocycles. The maximum absolute atomic E-state index is 12.7. The molecule has 146 valence electrons. The lowest BCUT2D eigenvalue weighted by atomic mass is 9.79. The second kappa shape index (κ2) is 7.86. The minimum atomic E-state index is -0.512. The van der Waals surface area contributed by atoms with E-state index in [0.717, 1.165) is 6.42 Å². The summed E-state index contributed by atoms with van der Waals surface area (Å²) in [7, 11) is 0. The molecule has 2 bridgehead atoms. The van der Waals surface area contributed by atoms with Crippen molar-refractivity contribution in [3.8, 4) is 0 Å². The second-order valence-corrected chi connectivity index (χ2v) is 7.35. The van der Waals surface area contributed by atoms with Crippen LogP contribution in [0, 0.1) is 23.7 Å². The Morgan fingerprint density at radius 1 is 1.15 bits per heavy atom. The standard InChI is InChI=1S/C19H23N3O4.ClH/c20-7-4-8-22-17(23)15-11-9-13(16(15)18(22)24)14(10-11)26-19(25)21-12-5-2-1-3-6-12;/h1-3,5-6,11,13-16H,4,7-10,20H2,(H,21,25);1H. The average Bonchev–Trinajstić information content (AvgIpc) is 3.26. The van der Waals surface area contributed by atoms with E-state index in [4.69, 9.17) is 10.5 Å². The summed E-state index contributed by atoms with van der Waals surface area (Å²) in [5.74, 6) is -0.689. The van der Waals surface area contributed by atoms with Crippen LogP contribution in [0.15, 0.2) is 30.3 Å². The van der Waals surface area contributed by atoms with E-state index in [2.05, 4.69) is 5.32 Å². The molecule has 3 fully saturated rings. The van der Waals surface area contributed by atoms with Gasteiger partial charge in [-0.25, -0.2) is 4.79 Å². The first-order valence-electron chi connectivity index (χ1n) is 9.18. The molecular weight excluding hydrogens is 370 g/mol. The highest BCUT2D eigenvalue weighted by atomic mass is 35.5. The lowest BCUT2D eigenvalue weighted by Gasteiger charge is -2.28. The van der Waals surface area contributed by atoms with E-state index in [1.54, 1.807) is 12.1 Å². The maximum atomic E-state index is 12.7. The van der Waals surface area contributed by atoms with Gasteiger partial charge in [0.1, 0.15) is 6.10 Å². The molecule has 0 aromatic heterocycles. The summed E-state index contributed by atoms with van der Waals surface area (Å²) in [6.07, 6.45) is 1.22. The minimum Gasteiger partial charge on any atom is -0.446 e. The van der Waals surface area contributed by atoms with Gasteiger partial charge in [0.25, 0.3) is 0 Å². The molecule has 0 radical (unpaired) electrons. The number of para-hydroxylation sites is 1. The van der Waals surface area contributed by atoms with Crippen LogP contribution in [0.5, 0.6) is 0 Å². The Morgan fingerprint density at radius 3 is 2.56 bits per heavy atom. The Hall–Kier alpha value is -2.12. The molecule has 1 saturated heterocycles. The number of fused-ring (bicyclic) bond motifs is 5. The molecule has 8 heteroatoms. The first-order valence-corrected chi connectivity index (χ1v) is 9.18. The Kier molecular flexibility index (Phi) is 5.72. The van der Waals surface area contributed by atoms with Crippen molar-refractivity contribution in [3.63, 3.8) is 0 Å². The molecule has 3 aliphatic rings. The number of nitrogens with zero attached hydrogens (tertiary/aromatic N) is 1. The van der Waals surface area contributed by atoms with Crippen LogP contribution in [0.4, 0.5) is 10.5 Å². The number of halogens is 1. The summed E-state index contributed by atoms with van der Waals surface area (Å²) in [6, 6.07) is 9.10. The van der Waals surface area contributed by atoms with Gasteiger partial charge in [-0.15, -0.1) is 12.4 Å². The molecule has 5 unspecified atom stereocenters. The number of benzene rings is 1. The number of rotatable bonds is 5. The molecule has 2 saturated carbocycles. The molecule has 3 N–H and O–H groups in total. The molecule has 0 spiro atoms. The summed E-state index contributed by atoms with van der Waals surface area (Å²) in [5.41, 5.74) is 6.17. The van der Waals surface area contributed by atoms with E-state index >= 15 is 0 Å². The van der Waals surface area contributed by atoms with Gasteiger partial charge in [-0.3, -0.25) is 19.8 Å². The van der Waals surface area contributed by atoms with Crippen LogP contribution in [0.3, 0.4) is 0 Å². The highest BCUT2D eigenvalue weighted by Gasteiger charge is 2.64. The number of ether oxygens (including phenoxy) is 1. The number of imide groups is 1. The first kappa shape index (κ1) is 19.6. The van der Waals surface area contributed by atoms with Crippen LogP contribution in [0.2, 0.25) is 0 Å². The van der Waals surface area contributed by atoms with Crippen molar-refractivity contribution in [2.75, 3.05) is 18.4 Å².